The smallest absolute Gasteiger partial charge is 0.135 e. The van der Waals surface area contributed by atoms with Gasteiger partial charge in [0.2, 0.25) is 0 Å². The molecule has 0 aliphatic rings. The molecule has 0 radical (unpaired) electrons. The van der Waals surface area contributed by atoms with Crippen LogP contribution in [-0.2, 0) is 0 Å². The maximum atomic E-state index is 6.09. The lowest BCUT2D eigenvalue weighted by Gasteiger charge is -2.08. The molecule has 0 amide bonds. The van der Waals surface area contributed by atoms with Crippen molar-refractivity contribution in [3.05, 3.63) is 127 Å². The van der Waals surface area contributed by atoms with Crippen molar-refractivity contribution in [1.82, 2.24) is 4.57 Å². The predicted octanol–water partition coefficient (Wildman–Crippen LogP) is 10.7. The molecule has 0 saturated carbocycles. The van der Waals surface area contributed by atoms with E-state index in [1.54, 1.807) is 0 Å². The lowest BCUT2D eigenvalue weighted by molar-refractivity contribution is 0.669. The number of hydrogen-bond donors (Lipinski definition) is 0. The Hall–Kier alpha value is -4.86. The Bertz CT molecular complexity index is 2350. The molecule has 0 saturated heterocycles. The van der Waals surface area contributed by atoms with Crippen molar-refractivity contribution in [3.8, 4) is 16.8 Å². The van der Waals surface area contributed by atoms with Gasteiger partial charge in [-0.15, -0.1) is 11.3 Å². The Morgan fingerprint density at radius 1 is 0.487 bits per heavy atom. The van der Waals surface area contributed by atoms with E-state index in [1.165, 1.54) is 58.8 Å². The van der Waals surface area contributed by atoms with Crippen LogP contribution in [0.4, 0.5) is 0 Å². The van der Waals surface area contributed by atoms with E-state index < -0.39 is 0 Å². The molecule has 0 N–H and O–H groups in total. The topological polar surface area (TPSA) is 18.1 Å². The summed E-state index contributed by atoms with van der Waals surface area (Å²) in [5, 5.41) is 7.49. The summed E-state index contributed by atoms with van der Waals surface area (Å²) in [6.45, 7) is 0. The van der Waals surface area contributed by atoms with Crippen LogP contribution in [0.1, 0.15) is 0 Å². The molecule has 0 fully saturated rings. The highest BCUT2D eigenvalue weighted by atomic mass is 32.1. The third-order valence-electron chi connectivity index (χ3n) is 8.01. The third-order valence-corrected chi connectivity index (χ3v) is 9.23. The molecular weight excluding hydrogens is 494 g/mol. The summed E-state index contributed by atoms with van der Waals surface area (Å²) < 4.78 is 11.1. The average molecular weight is 516 g/mol. The van der Waals surface area contributed by atoms with Gasteiger partial charge in [0, 0.05) is 47.4 Å². The first-order chi connectivity index (χ1) is 19.3. The van der Waals surface area contributed by atoms with Crippen LogP contribution in [0.15, 0.2) is 132 Å². The van der Waals surface area contributed by atoms with Crippen molar-refractivity contribution >= 4 is 75.3 Å². The Kier molecular flexibility index (Phi) is 4.24. The number of aromatic nitrogens is 1. The quantitative estimate of drug-likeness (QED) is 0.224. The van der Waals surface area contributed by atoms with Crippen molar-refractivity contribution in [2.75, 3.05) is 0 Å². The number of nitrogens with zero attached hydrogens (tertiary/aromatic N) is 1. The van der Waals surface area contributed by atoms with E-state index in [1.807, 2.05) is 23.5 Å². The van der Waals surface area contributed by atoms with E-state index in [2.05, 4.69) is 120 Å². The van der Waals surface area contributed by atoms with E-state index in [0.29, 0.717) is 0 Å². The van der Waals surface area contributed by atoms with Crippen molar-refractivity contribution in [3.63, 3.8) is 0 Å². The second-order valence-electron chi connectivity index (χ2n) is 10.1. The molecule has 3 heterocycles. The van der Waals surface area contributed by atoms with Crippen molar-refractivity contribution in [2.45, 2.75) is 0 Å². The van der Waals surface area contributed by atoms with Crippen LogP contribution < -0.4 is 0 Å². The number of para-hydroxylation sites is 3. The molecule has 9 aromatic rings. The minimum atomic E-state index is 0.930. The molecule has 0 aliphatic carbocycles. The molecule has 3 aromatic heterocycles. The van der Waals surface area contributed by atoms with Gasteiger partial charge in [-0.2, -0.15) is 0 Å². The monoisotopic (exact) mass is 515 g/mol. The van der Waals surface area contributed by atoms with Gasteiger partial charge in [0.05, 0.1) is 11.0 Å². The SMILES string of the molecule is c1ccc2c(c1)oc1ccc(-c3cccc4c3sc3ccc(-n5c6ccccc6c6ccccc65)cc34)cc12. The summed E-state index contributed by atoms with van der Waals surface area (Å²) in [6.07, 6.45) is 0. The standard InChI is InChI=1S/C36H21NOS/c1-4-13-31-25(8-1)26-9-2-5-14-32(26)37(31)23-17-19-35-30(21-23)28-12-7-11-24(36(28)39-35)22-16-18-34-29(20-22)27-10-3-6-15-33(27)38-34/h1-21H. The Labute approximate surface area is 227 Å². The lowest BCUT2D eigenvalue weighted by atomic mass is 10.0. The number of benzene rings is 6. The number of furan rings is 1. The maximum absolute atomic E-state index is 6.09. The van der Waals surface area contributed by atoms with Crippen LogP contribution >= 0.6 is 11.3 Å². The fraction of sp³-hybridized carbons (Fsp3) is 0. The molecule has 39 heavy (non-hydrogen) atoms. The molecule has 9 rings (SSSR count). The van der Waals surface area contributed by atoms with Gasteiger partial charge in [-0.05, 0) is 59.7 Å². The van der Waals surface area contributed by atoms with Crippen molar-refractivity contribution in [2.24, 2.45) is 0 Å². The van der Waals surface area contributed by atoms with Crippen LogP contribution in [-0.4, -0.2) is 4.57 Å². The fourth-order valence-electron chi connectivity index (χ4n) is 6.25. The summed E-state index contributed by atoms with van der Waals surface area (Å²) >= 11 is 1.87. The Morgan fingerprint density at radius 2 is 1.18 bits per heavy atom. The van der Waals surface area contributed by atoms with E-state index in [-0.39, 0.29) is 0 Å². The first-order valence-corrected chi connectivity index (χ1v) is 14.0. The second kappa shape index (κ2) is 7.83. The third kappa shape index (κ3) is 2.96. The van der Waals surface area contributed by atoms with E-state index >= 15 is 0 Å². The molecular formula is C36H21NOS. The summed E-state index contributed by atoms with van der Waals surface area (Å²) in [7, 11) is 0. The zero-order chi connectivity index (χ0) is 25.5. The highest BCUT2D eigenvalue weighted by molar-refractivity contribution is 7.26. The molecule has 0 bridgehead atoms. The molecule has 182 valence electrons. The second-order valence-corrected chi connectivity index (χ2v) is 11.2. The van der Waals surface area contributed by atoms with Gasteiger partial charge in [0.1, 0.15) is 11.2 Å². The number of rotatable bonds is 2. The highest BCUT2D eigenvalue weighted by Gasteiger charge is 2.16. The van der Waals surface area contributed by atoms with Crippen molar-refractivity contribution < 1.29 is 4.42 Å². The Morgan fingerprint density at radius 3 is 2.00 bits per heavy atom. The summed E-state index contributed by atoms with van der Waals surface area (Å²) in [5.74, 6) is 0. The van der Waals surface area contributed by atoms with Gasteiger partial charge in [-0.25, -0.2) is 0 Å². The average Bonchev–Trinajstić information content (AvgIpc) is 3.66. The molecule has 0 spiro atoms. The zero-order valence-corrected chi connectivity index (χ0v) is 21.7. The number of thiophene rings is 1. The van der Waals surface area contributed by atoms with Gasteiger partial charge in [0.25, 0.3) is 0 Å². The van der Waals surface area contributed by atoms with Crippen LogP contribution in [0.3, 0.4) is 0 Å². The van der Waals surface area contributed by atoms with Gasteiger partial charge in [-0.3, -0.25) is 0 Å². The minimum absolute atomic E-state index is 0.930. The summed E-state index contributed by atoms with van der Waals surface area (Å²) in [6, 6.07) is 45.9. The molecule has 0 unspecified atom stereocenters. The molecule has 2 nitrogen and oxygen atoms in total. The predicted molar refractivity (Wildman–Crippen MR) is 166 cm³/mol. The zero-order valence-electron chi connectivity index (χ0n) is 20.9. The molecule has 3 heteroatoms. The first kappa shape index (κ1) is 21.1. The maximum Gasteiger partial charge on any atom is 0.135 e. The van der Waals surface area contributed by atoms with E-state index in [4.69, 9.17) is 4.42 Å². The fourth-order valence-corrected chi connectivity index (χ4v) is 7.47. The van der Waals surface area contributed by atoms with Crippen molar-refractivity contribution in [1.29, 1.82) is 0 Å². The molecule has 6 aromatic carbocycles. The largest absolute Gasteiger partial charge is 0.456 e. The number of hydrogen-bond acceptors (Lipinski definition) is 2. The normalized spacial score (nSPS) is 12.1. The highest BCUT2D eigenvalue weighted by Crippen LogP contribution is 2.42. The molecule has 0 atom stereocenters. The summed E-state index contributed by atoms with van der Waals surface area (Å²) in [5.41, 5.74) is 8.00. The van der Waals surface area contributed by atoms with Crippen LogP contribution in [0.2, 0.25) is 0 Å². The lowest BCUT2D eigenvalue weighted by Crippen LogP contribution is -1.93. The molecule has 0 aliphatic heterocycles. The van der Waals surface area contributed by atoms with E-state index in [9.17, 15) is 0 Å². The number of fused-ring (bicyclic) bond motifs is 9. The van der Waals surface area contributed by atoms with Crippen LogP contribution in [0, 0.1) is 0 Å². The van der Waals surface area contributed by atoms with Gasteiger partial charge >= 0.3 is 0 Å². The minimum Gasteiger partial charge on any atom is -0.456 e. The van der Waals surface area contributed by atoms with Crippen LogP contribution in [0.5, 0.6) is 0 Å². The van der Waals surface area contributed by atoms with Gasteiger partial charge in [-0.1, -0.05) is 78.9 Å². The van der Waals surface area contributed by atoms with Crippen LogP contribution in [0.25, 0.3) is 80.7 Å². The van der Waals surface area contributed by atoms with Gasteiger partial charge in [0.15, 0.2) is 0 Å². The summed E-state index contributed by atoms with van der Waals surface area (Å²) in [4.78, 5) is 0. The Balaban J connectivity index is 1.28. The van der Waals surface area contributed by atoms with E-state index in [0.717, 1.165) is 21.9 Å². The van der Waals surface area contributed by atoms with Gasteiger partial charge < -0.3 is 8.98 Å². The first-order valence-electron chi connectivity index (χ1n) is 13.2.